The molecular formula is C11H26O3Si. The monoisotopic (exact) mass is 234 g/mol. The van der Waals surface area contributed by atoms with Crippen molar-refractivity contribution in [1.82, 2.24) is 0 Å². The molecule has 0 rings (SSSR count). The molecule has 0 aromatic heterocycles. The first-order valence-electron chi connectivity index (χ1n) is 6.07. The highest BCUT2D eigenvalue weighted by Gasteiger charge is 2.05. The van der Waals surface area contributed by atoms with Crippen molar-refractivity contribution < 1.29 is 13.9 Å². The smallest absolute Gasteiger partial charge is 0.149 e. The van der Waals surface area contributed by atoms with E-state index in [4.69, 9.17) is 13.9 Å². The standard InChI is InChI=1S/C11H26O3Si/c1-3-5-8-12-10-7-11(14-15)13-9-6-4-2/h11H,3-10H2,1-2,15H3. The van der Waals surface area contributed by atoms with Gasteiger partial charge in [0.15, 0.2) is 0 Å². The van der Waals surface area contributed by atoms with Crippen LogP contribution in [0.3, 0.4) is 0 Å². The van der Waals surface area contributed by atoms with Crippen LogP contribution in [0, 0.1) is 0 Å². The van der Waals surface area contributed by atoms with E-state index in [0.29, 0.717) is 0 Å². The van der Waals surface area contributed by atoms with Gasteiger partial charge >= 0.3 is 0 Å². The lowest BCUT2D eigenvalue weighted by Crippen LogP contribution is -2.19. The summed E-state index contributed by atoms with van der Waals surface area (Å²) in [4.78, 5) is 0. The predicted octanol–water partition coefficient (Wildman–Crippen LogP) is 1.63. The van der Waals surface area contributed by atoms with E-state index < -0.39 is 0 Å². The summed E-state index contributed by atoms with van der Waals surface area (Å²) < 4.78 is 16.4. The summed E-state index contributed by atoms with van der Waals surface area (Å²) in [5, 5.41) is 0. The lowest BCUT2D eigenvalue weighted by Gasteiger charge is -2.16. The van der Waals surface area contributed by atoms with Gasteiger partial charge in [-0.3, -0.25) is 0 Å². The summed E-state index contributed by atoms with van der Waals surface area (Å²) in [6, 6.07) is 0. The van der Waals surface area contributed by atoms with E-state index in [-0.39, 0.29) is 6.29 Å². The lowest BCUT2D eigenvalue weighted by atomic mass is 10.3. The van der Waals surface area contributed by atoms with Crippen LogP contribution in [0.4, 0.5) is 0 Å². The topological polar surface area (TPSA) is 27.7 Å². The highest BCUT2D eigenvalue weighted by Crippen LogP contribution is 2.02. The molecule has 0 heterocycles. The van der Waals surface area contributed by atoms with Gasteiger partial charge in [-0.15, -0.1) is 0 Å². The van der Waals surface area contributed by atoms with Crippen molar-refractivity contribution in [1.29, 1.82) is 0 Å². The molecule has 4 heteroatoms. The third-order valence-corrected chi connectivity index (χ3v) is 2.73. The Kier molecular flexibility index (Phi) is 12.2. The van der Waals surface area contributed by atoms with E-state index in [1.54, 1.807) is 0 Å². The van der Waals surface area contributed by atoms with Crippen molar-refractivity contribution in [2.45, 2.75) is 52.2 Å². The van der Waals surface area contributed by atoms with Gasteiger partial charge in [0.1, 0.15) is 16.8 Å². The Morgan fingerprint density at radius 3 is 2.27 bits per heavy atom. The SMILES string of the molecule is CCCCOCCC(O[SiH3])OCCCC. The first-order valence-corrected chi connectivity index (χ1v) is 6.88. The third-order valence-electron chi connectivity index (χ3n) is 2.20. The Labute approximate surface area is 97.0 Å². The number of hydrogen-bond acceptors (Lipinski definition) is 3. The molecule has 0 amide bonds. The molecule has 0 spiro atoms. The Morgan fingerprint density at radius 2 is 1.67 bits per heavy atom. The van der Waals surface area contributed by atoms with E-state index in [2.05, 4.69) is 13.8 Å². The zero-order valence-corrected chi connectivity index (χ0v) is 12.5. The molecule has 15 heavy (non-hydrogen) atoms. The zero-order chi connectivity index (χ0) is 11.4. The van der Waals surface area contributed by atoms with Crippen LogP contribution in [0.5, 0.6) is 0 Å². The molecule has 0 aliphatic rings. The quantitative estimate of drug-likeness (QED) is 0.309. The van der Waals surface area contributed by atoms with Crippen LogP contribution in [-0.4, -0.2) is 36.6 Å². The van der Waals surface area contributed by atoms with Gasteiger partial charge in [-0.05, 0) is 12.8 Å². The average molecular weight is 234 g/mol. The second kappa shape index (κ2) is 12.2. The number of ether oxygens (including phenoxy) is 2. The summed E-state index contributed by atoms with van der Waals surface area (Å²) in [5.41, 5.74) is 0. The number of hydrogen-bond donors (Lipinski definition) is 0. The third kappa shape index (κ3) is 10.4. The van der Waals surface area contributed by atoms with Crippen molar-refractivity contribution in [2.75, 3.05) is 19.8 Å². The summed E-state index contributed by atoms with van der Waals surface area (Å²) in [6.45, 7) is 6.74. The Morgan fingerprint density at radius 1 is 1.00 bits per heavy atom. The fraction of sp³-hybridized carbons (Fsp3) is 1.00. The molecule has 0 N–H and O–H groups in total. The zero-order valence-electron chi connectivity index (χ0n) is 10.5. The van der Waals surface area contributed by atoms with Crippen molar-refractivity contribution in [2.24, 2.45) is 0 Å². The molecular weight excluding hydrogens is 208 g/mol. The van der Waals surface area contributed by atoms with Gasteiger partial charge in [-0.1, -0.05) is 26.7 Å². The van der Waals surface area contributed by atoms with Crippen LogP contribution in [0.25, 0.3) is 0 Å². The normalized spacial score (nSPS) is 13.2. The van der Waals surface area contributed by atoms with Crippen LogP contribution in [0.1, 0.15) is 46.0 Å². The van der Waals surface area contributed by atoms with Crippen molar-refractivity contribution >= 4 is 10.5 Å². The van der Waals surface area contributed by atoms with E-state index >= 15 is 0 Å². The molecule has 3 nitrogen and oxygen atoms in total. The summed E-state index contributed by atoms with van der Waals surface area (Å²) in [7, 11) is 0.730. The van der Waals surface area contributed by atoms with E-state index in [9.17, 15) is 0 Å². The van der Waals surface area contributed by atoms with E-state index in [0.717, 1.165) is 49.6 Å². The minimum absolute atomic E-state index is 0.0372. The molecule has 0 fully saturated rings. The molecule has 0 aliphatic carbocycles. The number of unbranched alkanes of at least 4 members (excludes halogenated alkanes) is 2. The van der Waals surface area contributed by atoms with Crippen molar-refractivity contribution in [3.8, 4) is 0 Å². The molecule has 0 radical (unpaired) electrons. The van der Waals surface area contributed by atoms with E-state index in [1.165, 1.54) is 12.8 Å². The van der Waals surface area contributed by atoms with Gasteiger partial charge in [-0.2, -0.15) is 0 Å². The highest BCUT2D eigenvalue weighted by molar-refractivity contribution is 5.98. The van der Waals surface area contributed by atoms with Crippen LogP contribution >= 0.6 is 0 Å². The lowest BCUT2D eigenvalue weighted by molar-refractivity contribution is -0.0927. The van der Waals surface area contributed by atoms with Gasteiger partial charge in [0.05, 0.1) is 6.61 Å². The minimum Gasteiger partial charge on any atom is -0.404 e. The summed E-state index contributed by atoms with van der Waals surface area (Å²) >= 11 is 0. The molecule has 0 saturated carbocycles. The van der Waals surface area contributed by atoms with Crippen LogP contribution < -0.4 is 0 Å². The molecule has 1 unspecified atom stereocenters. The second-order valence-corrected chi connectivity index (χ2v) is 4.12. The van der Waals surface area contributed by atoms with E-state index in [1.807, 2.05) is 0 Å². The molecule has 0 bridgehead atoms. The van der Waals surface area contributed by atoms with Gasteiger partial charge in [0.25, 0.3) is 0 Å². The molecule has 0 aliphatic heterocycles. The van der Waals surface area contributed by atoms with Gasteiger partial charge < -0.3 is 13.9 Å². The largest absolute Gasteiger partial charge is 0.404 e. The molecule has 0 aromatic rings. The maximum atomic E-state index is 5.57. The molecule has 0 aromatic carbocycles. The van der Waals surface area contributed by atoms with Crippen molar-refractivity contribution in [3.05, 3.63) is 0 Å². The Hall–Kier alpha value is 0.0969. The van der Waals surface area contributed by atoms with Crippen LogP contribution in [-0.2, 0) is 13.9 Å². The predicted molar refractivity (Wildman–Crippen MR) is 66.0 cm³/mol. The van der Waals surface area contributed by atoms with Crippen LogP contribution in [0.15, 0.2) is 0 Å². The minimum atomic E-state index is -0.0372. The summed E-state index contributed by atoms with van der Waals surface area (Å²) in [6.07, 6.45) is 5.43. The van der Waals surface area contributed by atoms with Gasteiger partial charge in [-0.25, -0.2) is 0 Å². The molecule has 1 atom stereocenters. The second-order valence-electron chi connectivity index (χ2n) is 3.64. The van der Waals surface area contributed by atoms with Gasteiger partial charge in [0.2, 0.25) is 0 Å². The van der Waals surface area contributed by atoms with Gasteiger partial charge in [0, 0.05) is 19.6 Å². The molecule has 0 saturated heterocycles. The first-order chi connectivity index (χ1) is 7.35. The van der Waals surface area contributed by atoms with Crippen LogP contribution in [0.2, 0.25) is 0 Å². The maximum absolute atomic E-state index is 5.57. The fourth-order valence-corrected chi connectivity index (χ4v) is 1.53. The fourth-order valence-electron chi connectivity index (χ4n) is 1.16. The Bertz CT molecular complexity index is 122. The number of rotatable bonds is 11. The first kappa shape index (κ1) is 15.1. The summed E-state index contributed by atoms with van der Waals surface area (Å²) in [5.74, 6) is 0. The molecule has 92 valence electrons. The highest BCUT2D eigenvalue weighted by atomic mass is 28.2. The Balaban J connectivity index is 3.28. The average Bonchev–Trinajstić information content (AvgIpc) is 2.26. The maximum Gasteiger partial charge on any atom is 0.149 e. The van der Waals surface area contributed by atoms with Crippen molar-refractivity contribution in [3.63, 3.8) is 0 Å².